The zero-order valence-electron chi connectivity index (χ0n) is 15.3. The van der Waals surface area contributed by atoms with Gasteiger partial charge in [0.2, 0.25) is 0 Å². The fraction of sp³-hybridized carbons (Fsp3) is 0.333. The molecule has 0 aliphatic heterocycles. The summed E-state index contributed by atoms with van der Waals surface area (Å²) in [6, 6.07) is 9.23. The van der Waals surface area contributed by atoms with Crippen LogP contribution in [0.4, 0.5) is 9.80 Å². The molecule has 0 radical (unpaired) electrons. The molecule has 0 unspecified atom stereocenters. The number of carbonyl (C=O) groups excluding carboxylic acids is 1. The van der Waals surface area contributed by atoms with Gasteiger partial charge in [-0.05, 0) is 27.7 Å². The lowest BCUT2D eigenvalue weighted by molar-refractivity contribution is 0.249. The second-order valence-electron chi connectivity index (χ2n) is 6.04. The molecule has 3 aromatic rings. The molecule has 136 valence electrons. The Bertz CT molecular complexity index is 902. The van der Waals surface area contributed by atoms with Crippen LogP contribution in [-0.2, 0) is 6.54 Å². The molecule has 0 saturated heterocycles. The normalized spacial score (nSPS) is 12.0. The van der Waals surface area contributed by atoms with Gasteiger partial charge >= 0.3 is 6.03 Å². The molecular formula is C18H22N6OS. The molecule has 0 spiro atoms. The highest BCUT2D eigenvalue weighted by atomic mass is 32.1. The first-order chi connectivity index (χ1) is 12.5. The molecule has 2 aromatic heterocycles. The van der Waals surface area contributed by atoms with Crippen LogP contribution < -0.4 is 10.6 Å². The first-order valence-corrected chi connectivity index (χ1v) is 9.27. The lowest BCUT2D eigenvalue weighted by Crippen LogP contribution is -2.31. The maximum atomic E-state index is 12.5. The van der Waals surface area contributed by atoms with Gasteiger partial charge in [-0.25, -0.2) is 4.79 Å². The van der Waals surface area contributed by atoms with Crippen molar-refractivity contribution in [2.24, 2.45) is 0 Å². The van der Waals surface area contributed by atoms with E-state index in [1.165, 1.54) is 0 Å². The highest BCUT2D eigenvalue weighted by Gasteiger charge is 2.20. The van der Waals surface area contributed by atoms with Crippen LogP contribution in [-0.4, -0.2) is 25.4 Å². The lowest BCUT2D eigenvalue weighted by Gasteiger charge is -2.15. The number of hydrogen-bond acceptors (Lipinski definition) is 5. The highest BCUT2D eigenvalue weighted by Crippen LogP contribution is 2.28. The lowest BCUT2D eigenvalue weighted by atomic mass is 10.1. The molecule has 1 atom stereocenters. The predicted molar refractivity (Wildman–Crippen MR) is 103 cm³/mol. The van der Waals surface area contributed by atoms with Crippen molar-refractivity contribution in [3.63, 3.8) is 0 Å². The van der Waals surface area contributed by atoms with E-state index in [0.717, 1.165) is 40.6 Å². The molecule has 0 bridgehead atoms. The van der Waals surface area contributed by atoms with Crippen LogP contribution in [0.5, 0.6) is 0 Å². The number of urea groups is 1. The third-order valence-electron chi connectivity index (χ3n) is 4.28. The zero-order chi connectivity index (χ0) is 18.7. The molecule has 2 heterocycles. The van der Waals surface area contributed by atoms with Crippen LogP contribution in [0.2, 0.25) is 0 Å². The smallest absolute Gasteiger partial charge is 0.320 e. The van der Waals surface area contributed by atoms with Gasteiger partial charge in [0.05, 0.1) is 11.7 Å². The number of aromatic nitrogens is 4. The van der Waals surface area contributed by atoms with Crippen LogP contribution >= 0.6 is 11.5 Å². The summed E-state index contributed by atoms with van der Waals surface area (Å²) in [5.74, 6) is 0. The summed E-state index contributed by atoms with van der Waals surface area (Å²) in [4.78, 5) is 12.5. The summed E-state index contributed by atoms with van der Waals surface area (Å²) < 4.78 is 5.91. The summed E-state index contributed by atoms with van der Waals surface area (Å²) in [6.45, 7) is 8.80. The Kier molecular flexibility index (Phi) is 5.32. The second-order valence-corrected chi connectivity index (χ2v) is 6.79. The molecule has 7 nitrogen and oxygen atoms in total. The van der Waals surface area contributed by atoms with Gasteiger partial charge in [0.15, 0.2) is 0 Å². The number of amides is 2. The van der Waals surface area contributed by atoms with Crippen molar-refractivity contribution in [3.8, 4) is 11.3 Å². The second kappa shape index (κ2) is 7.65. The molecular weight excluding hydrogens is 348 g/mol. The minimum absolute atomic E-state index is 0.156. The molecule has 1 aromatic carbocycles. The van der Waals surface area contributed by atoms with Gasteiger partial charge in [-0.15, -0.1) is 5.10 Å². The van der Waals surface area contributed by atoms with E-state index in [-0.39, 0.29) is 12.1 Å². The third-order valence-corrected chi connectivity index (χ3v) is 4.92. The van der Waals surface area contributed by atoms with Gasteiger partial charge < -0.3 is 5.32 Å². The molecule has 0 aliphatic rings. The average molecular weight is 370 g/mol. The van der Waals surface area contributed by atoms with E-state index in [9.17, 15) is 4.79 Å². The summed E-state index contributed by atoms with van der Waals surface area (Å²) in [7, 11) is 0. The molecule has 26 heavy (non-hydrogen) atoms. The minimum atomic E-state index is -0.288. The van der Waals surface area contributed by atoms with Crippen molar-refractivity contribution in [3.05, 3.63) is 47.3 Å². The number of carbonyl (C=O) groups is 1. The monoisotopic (exact) mass is 370 g/mol. The molecule has 2 N–H and O–H groups in total. The maximum Gasteiger partial charge on any atom is 0.320 e. The Labute approximate surface area is 156 Å². The third kappa shape index (κ3) is 3.60. The van der Waals surface area contributed by atoms with E-state index < -0.39 is 0 Å². The Morgan fingerprint density at radius 3 is 2.65 bits per heavy atom. The number of aryl methyl sites for hydroxylation is 2. The number of nitrogens with one attached hydrogen (secondary N) is 2. The summed E-state index contributed by atoms with van der Waals surface area (Å²) >= 11 is 1.16. The molecule has 3 rings (SSSR count). The highest BCUT2D eigenvalue weighted by molar-refractivity contribution is 7.10. The molecule has 8 heteroatoms. The number of nitrogens with zero attached hydrogens (tertiary/aromatic N) is 4. The fourth-order valence-corrected chi connectivity index (χ4v) is 3.70. The Morgan fingerprint density at radius 2 is 2.00 bits per heavy atom. The van der Waals surface area contributed by atoms with E-state index >= 15 is 0 Å². The zero-order valence-corrected chi connectivity index (χ0v) is 16.1. The van der Waals surface area contributed by atoms with Crippen LogP contribution in [0.15, 0.2) is 30.3 Å². The Balaban J connectivity index is 1.73. The number of anilines is 1. The molecule has 0 fully saturated rings. The van der Waals surface area contributed by atoms with E-state index in [4.69, 9.17) is 0 Å². The maximum absolute atomic E-state index is 12.5. The van der Waals surface area contributed by atoms with Gasteiger partial charge in [0, 0.05) is 34.9 Å². The summed E-state index contributed by atoms with van der Waals surface area (Å²) in [6.07, 6.45) is 0. The van der Waals surface area contributed by atoms with E-state index in [2.05, 4.69) is 32.2 Å². The minimum Gasteiger partial charge on any atom is -0.331 e. The quantitative estimate of drug-likeness (QED) is 0.713. The molecule has 2 amide bonds. The van der Waals surface area contributed by atoms with Crippen molar-refractivity contribution in [2.45, 2.75) is 40.3 Å². The first kappa shape index (κ1) is 18.1. The van der Waals surface area contributed by atoms with E-state index in [0.29, 0.717) is 10.7 Å². The molecule has 0 aliphatic carbocycles. The molecule has 0 saturated carbocycles. The van der Waals surface area contributed by atoms with Gasteiger partial charge in [0.25, 0.3) is 0 Å². The van der Waals surface area contributed by atoms with Crippen LogP contribution in [0, 0.1) is 13.8 Å². The average Bonchev–Trinajstić information content (AvgIpc) is 3.19. The Hall–Kier alpha value is -2.74. The fourth-order valence-electron chi connectivity index (χ4n) is 3.11. The summed E-state index contributed by atoms with van der Waals surface area (Å²) in [5.41, 5.74) is 4.64. The van der Waals surface area contributed by atoms with Gasteiger partial charge in [0.1, 0.15) is 10.7 Å². The standard InChI is InChI=1S/C18H22N6OS/c1-5-24-13(4)15(12(3)22-24)11(2)19-18(25)20-17-16(21-23-26-17)14-9-7-6-8-10-14/h6-11H,5H2,1-4H3,(H2,19,20,25)/t11-/m1/s1. The number of hydrogen-bond donors (Lipinski definition) is 2. The van der Waals surface area contributed by atoms with Crippen molar-refractivity contribution >= 4 is 22.6 Å². The van der Waals surface area contributed by atoms with Gasteiger partial charge in [-0.2, -0.15) is 5.10 Å². The van der Waals surface area contributed by atoms with Crippen molar-refractivity contribution in [1.82, 2.24) is 24.7 Å². The SMILES string of the molecule is CCn1nc(C)c([C@@H](C)NC(=O)Nc2snnc2-c2ccccc2)c1C. The van der Waals surface area contributed by atoms with Crippen molar-refractivity contribution in [2.75, 3.05) is 5.32 Å². The van der Waals surface area contributed by atoms with Crippen molar-refractivity contribution in [1.29, 1.82) is 0 Å². The van der Waals surface area contributed by atoms with E-state index in [1.54, 1.807) is 0 Å². The van der Waals surface area contributed by atoms with Crippen LogP contribution in [0.3, 0.4) is 0 Å². The summed E-state index contributed by atoms with van der Waals surface area (Å²) in [5, 5.41) is 15.1. The predicted octanol–water partition coefficient (Wildman–Crippen LogP) is 3.92. The van der Waals surface area contributed by atoms with Crippen molar-refractivity contribution < 1.29 is 4.79 Å². The topological polar surface area (TPSA) is 84.7 Å². The van der Waals surface area contributed by atoms with Crippen LogP contribution in [0.25, 0.3) is 11.3 Å². The van der Waals surface area contributed by atoms with Crippen LogP contribution in [0.1, 0.15) is 36.8 Å². The van der Waals surface area contributed by atoms with E-state index in [1.807, 2.05) is 55.8 Å². The van der Waals surface area contributed by atoms with Gasteiger partial charge in [-0.1, -0.05) is 34.8 Å². The Morgan fingerprint density at radius 1 is 1.27 bits per heavy atom. The van der Waals surface area contributed by atoms with Gasteiger partial charge in [-0.3, -0.25) is 10.00 Å². The number of benzene rings is 1. The largest absolute Gasteiger partial charge is 0.331 e. The number of rotatable bonds is 5. The first-order valence-electron chi connectivity index (χ1n) is 8.50.